The lowest BCUT2D eigenvalue weighted by molar-refractivity contribution is -0.138. The summed E-state index contributed by atoms with van der Waals surface area (Å²) < 4.78 is 16.0. The van der Waals surface area contributed by atoms with Crippen LogP contribution in [-0.2, 0) is 4.79 Å². The van der Waals surface area contributed by atoms with Crippen molar-refractivity contribution in [2.24, 2.45) is 0 Å². The summed E-state index contributed by atoms with van der Waals surface area (Å²) in [5, 5.41) is 3.76. The lowest BCUT2D eigenvalue weighted by Crippen LogP contribution is -2.50. The van der Waals surface area contributed by atoms with Gasteiger partial charge in [-0.25, -0.2) is 0 Å². The van der Waals surface area contributed by atoms with Crippen molar-refractivity contribution < 1.29 is 18.8 Å². The third kappa shape index (κ3) is 3.61. The van der Waals surface area contributed by atoms with Crippen molar-refractivity contribution in [2.75, 3.05) is 26.3 Å². The Hall–Kier alpha value is -2.57. The Morgan fingerprint density at radius 2 is 1.91 bits per heavy atom. The van der Waals surface area contributed by atoms with Gasteiger partial charge in [0.05, 0.1) is 12.5 Å². The molecule has 2 heterocycles. The molecular formula is C16H19N3O4. The van der Waals surface area contributed by atoms with Gasteiger partial charge in [0, 0.05) is 13.1 Å². The van der Waals surface area contributed by atoms with Crippen molar-refractivity contribution >= 4 is 5.91 Å². The Morgan fingerprint density at radius 1 is 1.26 bits per heavy atom. The Balaban J connectivity index is 1.43. The highest BCUT2D eigenvalue weighted by Crippen LogP contribution is 2.26. The van der Waals surface area contributed by atoms with E-state index >= 15 is 0 Å². The fourth-order valence-electron chi connectivity index (χ4n) is 2.35. The summed E-state index contributed by atoms with van der Waals surface area (Å²) in [6.45, 7) is 5.52. The minimum Gasteiger partial charge on any atom is -0.494 e. The zero-order valence-corrected chi connectivity index (χ0v) is 13.2. The van der Waals surface area contributed by atoms with E-state index in [1.807, 2.05) is 19.1 Å². The molecule has 0 spiro atoms. The highest BCUT2D eigenvalue weighted by Gasteiger charge is 2.35. The normalized spacial score (nSPS) is 14.4. The van der Waals surface area contributed by atoms with Gasteiger partial charge >= 0.3 is 0 Å². The van der Waals surface area contributed by atoms with Gasteiger partial charge in [-0.15, -0.1) is 0 Å². The summed E-state index contributed by atoms with van der Waals surface area (Å²) in [6.07, 6.45) is 0. The minimum atomic E-state index is -0.0497. The van der Waals surface area contributed by atoms with E-state index in [1.165, 1.54) is 0 Å². The van der Waals surface area contributed by atoms with Gasteiger partial charge in [0.15, 0.2) is 12.4 Å². The van der Waals surface area contributed by atoms with Gasteiger partial charge in [-0.3, -0.25) is 4.79 Å². The molecule has 0 aliphatic carbocycles. The maximum atomic E-state index is 12.1. The van der Waals surface area contributed by atoms with Crippen LogP contribution >= 0.6 is 0 Å². The van der Waals surface area contributed by atoms with Gasteiger partial charge in [0.1, 0.15) is 11.5 Å². The standard InChI is InChI=1S/C16H19N3O4/c1-3-21-13-4-6-14(7-5-13)22-10-15(20)19-8-12(9-19)16-17-11(2)18-23-16/h4-7,12H,3,8-10H2,1-2H3. The van der Waals surface area contributed by atoms with Crippen LogP contribution in [-0.4, -0.2) is 47.3 Å². The monoisotopic (exact) mass is 317 g/mol. The lowest BCUT2D eigenvalue weighted by atomic mass is 10.0. The molecule has 0 unspecified atom stereocenters. The molecule has 2 aromatic rings. The molecule has 1 saturated heterocycles. The molecule has 23 heavy (non-hydrogen) atoms. The number of nitrogens with zero attached hydrogens (tertiary/aromatic N) is 3. The van der Waals surface area contributed by atoms with E-state index in [4.69, 9.17) is 14.0 Å². The van der Waals surface area contributed by atoms with E-state index in [-0.39, 0.29) is 18.4 Å². The molecule has 1 aliphatic rings. The number of carbonyl (C=O) groups is 1. The molecule has 7 heteroatoms. The van der Waals surface area contributed by atoms with Gasteiger partial charge in [0.25, 0.3) is 5.91 Å². The first-order chi connectivity index (χ1) is 11.2. The van der Waals surface area contributed by atoms with E-state index in [2.05, 4.69) is 10.1 Å². The second kappa shape index (κ2) is 6.68. The number of benzene rings is 1. The smallest absolute Gasteiger partial charge is 0.260 e. The van der Waals surface area contributed by atoms with Gasteiger partial charge in [-0.05, 0) is 38.1 Å². The van der Waals surface area contributed by atoms with Crippen LogP contribution in [0.3, 0.4) is 0 Å². The fourth-order valence-corrected chi connectivity index (χ4v) is 2.35. The van der Waals surface area contributed by atoms with Gasteiger partial charge in [0.2, 0.25) is 5.89 Å². The van der Waals surface area contributed by atoms with E-state index in [0.29, 0.717) is 37.2 Å². The number of aryl methyl sites for hydroxylation is 1. The zero-order valence-electron chi connectivity index (χ0n) is 13.2. The molecular weight excluding hydrogens is 298 g/mol. The third-order valence-electron chi connectivity index (χ3n) is 3.62. The number of likely N-dealkylation sites (tertiary alicyclic amines) is 1. The second-order valence-electron chi connectivity index (χ2n) is 5.37. The summed E-state index contributed by atoms with van der Waals surface area (Å²) in [4.78, 5) is 18.0. The lowest BCUT2D eigenvalue weighted by Gasteiger charge is -2.36. The Bertz CT molecular complexity index is 662. The minimum absolute atomic E-state index is 0.0174. The molecule has 0 radical (unpaired) electrons. The first-order valence-electron chi connectivity index (χ1n) is 7.59. The highest BCUT2D eigenvalue weighted by molar-refractivity contribution is 5.78. The first kappa shape index (κ1) is 15.3. The van der Waals surface area contributed by atoms with E-state index < -0.39 is 0 Å². The van der Waals surface area contributed by atoms with Gasteiger partial charge in [-0.2, -0.15) is 4.98 Å². The largest absolute Gasteiger partial charge is 0.494 e. The van der Waals surface area contributed by atoms with Crippen LogP contribution < -0.4 is 9.47 Å². The summed E-state index contributed by atoms with van der Waals surface area (Å²) in [5.41, 5.74) is 0. The number of rotatable bonds is 6. The Kier molecular flexibility index (Phi) is 4.45. The SMILES string of the molecule is CCOc1ccc(OCC(=O)N2CC(c3nc(C)no3)C2)cc1. The van der Waals surface area contributed by atoms with Crippen molar-refractivity contribution in [2.45, 2.75) is 19.8 Å². The number of ether oxygens (including phenoxy) is 2. The first-order valence-corrected chi connectivity index (χ1v) is 7.59. The quantitative estimate of drug-likeness (QED) is 0.808. The number of aromatic nitrogens is 2. The average molecular weight is 317 g/mol. The van der Waals surface area contributed by atoms with Crippen molar-refractivity contribution in [3.8, 4) is 11.5 Å². The summed E-state index contributed by atoms with van der Waals surface area (Å²) in [6, 6.07) is 7.22. The number of hydrogen-bond acceptors (Lipinski definition) is 6. The Labute approximate surface area is 134 Å². The molecule has 0 N–H and O–H groups in total. The maximum Gasteiger partial charge on any atom is 0.260 e. The maximum absolute atomic E-state index is 12.1. The van der Waals surface area contributed by atoms with Crippen molar-refractivity contribution in [3.05, 3.63) is 36.0 Å². The number of amides is 1. The van der Waals surface area contributed by atoms with E-state index in [9.17, 15) is 4.79 Å². The second-order valence-corrected chi connectivity index (χ2v) is 5.37. The van der Waals surface area contributed by atoms with Crippen LogP contribution in [0.15, 0.2) is 28.8 Å². The molecule has 1 amide bonds. The number of hydrogen-bond donors (Lipinski definition) is 0. The van der Waals surface area contributed by atoms with Crippen LogP contribution in [0, 0.1) is 6.92 Å². The van der Waals surface area contributed by atoms with Crippen molar-refractivity contribution in [1.29, 1.82) is 0 Å². The summed E-state index contributed by atoms with van der Waals surface area (Å²) in [5.74, 6) is 2.72. The average Bonchev–Trinajstić information content (AvgIpc) is 2.91. The zero-order chi connectivity index (χ0) is 16.2. The molecule has 0 bridgehead atoms. The Morgan fingerprint density at radius 3 is 2.48 bits per heavy atom. The molecule has 1 fully saturated rings. The molecule has 7 nitrogen and oxygen atoms in total. The van der Waals surface area contributed by atoms with Crippen molar-refractivity contribution in [1.82, 2.24) is 15.0 Å². The van der Waals surface area contributed by atoms with Crippen LogP contribution in [0.1, 0.15) is 24.6 Å². The number of carbonyl (C=O) groups excluding carboxylic acids is 1. The van der Waals surface area contributed by atoms with Gasteiger partial charge < -0.3 is 18.9 Å². The van der Waals surface area contributed by atoms with E-state index in [1.54, 1.807) is 24.0 Å². The molecule has 1 aromatic heterocycles. The predicted octanol–water partition coefficient (Wildman–Crippen LogP) is 1.78. The molecule has 1 aliphatic heterocycles. The topological polar surface area (TPSA) is 77.7 Å². The summed E-state index contributed by atoms with van der Waals surface area (Å²) >= 11 is 0. The van der Waals surface area contributed by atoms with Gasteiger partial charge in [-0.1, -0.05) is 5.16 Å². The third-order valence-corrected chi connectivity index (χ3v) is 3.62. The van der Waals surface area contributed by atoms with Crippen LogP contribution in [0.5, 0.6) is 11.5 Å². The van der Waals surface area contributed by atoms with Crippen LogP contribution in [0.2, 0.25) is 0 Å². The highest BCUT2D eigenvalue weighted by atomic mass is 16.5. The molecule has 122 valence electrons. The fraction of sp³-hybridized carbons (Fsp3) is 0.438. The predicted molar refractivity (Wildman–Crippen MR) is 81.5 cm³/mol. The molecule has 0 atom stereocenters. The molecule has 1 aromatic carbocycles. The molecule has 3 rings (SSSR count). The van der Waals surface area contributed by atoms with Crippen molar-refractivity contribution in [3.63, 3.8) is 0 Å². The molecule has 0 saturated carbocycles. The van der Waals surface area contributed by atoms with E-state index in [0.717, 1.165) is 5.75 Å². The van der Waals surface area contributed by atoms with Crippen LogP contribution in [0.25, 0.3) is 0 Å². The summed E-state index contributed by atoms with van der Waals surface area (Å²) in [7, 11) is 0. The van der Waals surface area contributed by atoms with Crippen LogP contribution in [0.4, 0.5) is 0 Å².